The van der Waals surface area contributed by atoms with Gasteiger partial charge in [0.2, 0.25) is 5.91 Å². The van der Waals surface area contributed by atoms with Gasteiger partial charge in [-0.2, -0.15) is 0 Å². The van der Waals surface area contributed by atoms with Gasteiger partial charge in [0.15, 0.2) is 0 Å². The second-order valence-electron chi connectivity index (χ2n) is 8.02. The van der Waals surface area contributed by atoms with Crippen molar-refractivity contribution < 1.29 is 23.6 Å². The highest BCUT2D eigenvalue weighted by Crippen LogP contribution is 2.23. The van der Waals surface area contributed by atoms with Crippen LogP contribution < -0.4 is 15.4 Å². The number of hydrogen-bond acceptors (Lipinski definition) is 6. The second kappa shape index (κ2) is 11.2. The summed E-state index contributed by atoms with van der Waals surface area (Å²) in [5, 5.41) is 10.1. The van der Waals surface area contributed by atoms with Gasteiger partial charge in [0, 0.05) is 18.1 Å². The lowest BCUT2D eigenvalue weighted by Gasteiger charge is -2.23. The lowest BCUT2D eigenvalue weighted by molar-refractivity contribution is -0.122. The molecule has 0 saturated heterocycles. The van der Waals surface area contributed by atoms with Crippen LogP contribution in [0.3, 0.4) is 0 Å². The van der Waals surface area contributed by atoms with Gasteiger partial charge in [-0.15, -0.1) is 0 Å². The summed E-state index contributed by atoms with van der Waals surface area (Å²) >= 11 is 6.06. The Morgan fingerprint density at radius 2 is 2.09 bits per heavy atom. The molecule has 0 bridgehead atoms. The first-order chi connectivity index (χ1) is 15.8. The molecule has 0 unspecified atom stereocenters. The molecule has 9 nitrogen and oxygen atoms in total. The summed E-state index contributed by atoms with van der Waals surface area (Å²) < 4.78 is 11.0. The van der Waals surface area contributed by atoms with Crippen molar-refractivity contribution in [1.29, 1.82) is 0 Å². The summed E-state index contributed by atoms with van der Waals surface area (Å²) in [5.41, 5.74) is 1.31. The van der Waals surface area contributed by atoms with Crippen molar-refractivity contribution in [2.24, 2.45) is 0 Å². The molecule has 0 saturated carbocycles. The molecule has 1 aromatic carbocycles. The fourth-order valence-corrected chi connectivity index (χ4v) is 3.80. The number of nitrogens with one attached hydrogen (secondary N) is 2. The van der Waals surface area contributed by atoms with Gasteiger partial charge in [0.25, 0.3) is 11.8 Å². The summed E-state index contributed by atoms with van der Waals surface area (Å²) in [6.45, 7) is 6.16. The smallest absolute Gasteiger partial charge is 0.259 e. The highest BCUT2D eigenvalue weighted by atomic mass is 35.5. The maximum Gasteiger partial charge on any atom is 0.259 e. The lowest BCUT2D eigenvalue weighted by Crippen LogP contribution is -2.45. The maximum absolute atomic E-state index is 13.3. The van der Waals surface area contributed by atoms with Crippen molar-refractivity contribution in [3.05, 3.63) is 45.8 Å². The number of hydrogen-bond donors (Lipinski definition) is 2. The first kappa shape index (κ1) is 24.6. The third-order valence-electron chi connectivity index (χ3n) is 5.33. The van der Waals surface area contributed by atoms with Crippen LogP contribution in [-0.4, -0.2) is 60.1 Å². The minimum absolute atomic E-state index is 0.102. The highest BCUT2D eigenvalue weighted by Gasteiger charge is 2.26. The van der Waals surface area contributed by atoms with Gasteiger partial charge in [-0.05, 0) is 51.3 Å². The lowest BCUT2D eigenvalue weighted by atomic mass is 10.1. The van der Waals surface area contributed by atoms with Crippen LogP contribution in [0.4, 0.5) is 0 Å². The Morgan fingerprint density at radius 3 is 2.85 bits per heavy atom. The molecule has 33 heavy (non-hydrogen) atoms. The summed E-state index contributed by atoms with van der Waals surface area (Å²) in [7, 11) is 0. The number of carbonyl (C=O) groups excluding carboxylic acids is 3. The molecule has 2 heterocycles. The van der Waals surface area contributed by atoms with Gasteiger partial charge in [0.1, 0.15) is 23.7 Å². The molecule has 3 amide bonds. The zero-order valence-electron chi connectivity index (χ0n) is 19.1. The highest BCUT2D eigenvalue weighted by molar-refractivity contribution is 6.31. The summed E-state index contributed by atoms with van der Waals surface area (Å²) in [6, 6.07) is 4.48. The number of fused-ring (bicyclic) bond motifs is 1. The van der Waals surface area contributed by atoms with Crippen LogP contribution in [0.5, 0.6) is 5.75 Å². The molecule has 3 rings (SSSR count). The fraction of sp³-hybridized carbons (Fsp3) is 0.478. The summed E-state index contributed by atoms with van der Waals surface area (Å²) in [6.07, 6.45) is 1.76. The van der Waals surface area contributed by atoms with Crippen LogP contribution in [0.15, 0.2) is 22.7 Å². The molecule has 0 fully saturated rings. The van der Waals surface area contributed by atoms with Gasteiger partial charge in [-0.3, -0.25) is 14.4 Å². The van der Waals surface area contributed by atoms with Crippen LogP contribution in [0.25, 0.3) is 0 Å². The van der Waals surface area contributed by atoms with E-state index in [1.807, 2.05) is 6.92 Å². The molecule has 2 N–H and O–H groups in total. The van der Waals surface area contributed by atoms with Crippen molar-refractivity contribution in [2.75, 3.05) is 26.2 Å². The van der Waals surface area contributed by atoms with Gasteiger partial charge >= 0.3 is 0 Å². The molecule has 2 aromatic rings. The van der Waals surface area contributed by atoms with Gasteiger partial charge in [-0.1, -0.05) is 23.7 Å². The number of halogens is 1. The monoisotopic (exact) mass is 476 g/mol. The molecule has 1 aliphatic rings. The first-order valence-corrected chi connectivity index (χ1v) is 11.4. The van der Waals surface area contributed by atoms with Crippen molar-refractivity contribution in [1.82, 2.24) is 20.7 Å². The zero-order chi connectivity index (χ0) is 24.0. The average molecular weight is 477 g/mol. The predicted molar refractivity (Wildman–Crippen MR) is 123 cm³/mol. The Morgan fingerprint density at radius 1 is 1.30 bits per heavy atom. The normalized spacial score (nSPS) is 18.3. The van der Waals surface area contributed by atoms with E-state index in [0.717, 1.165) is 0 Å². The Bertz CT molecular complexity index is 1020. The summed E-state index contributed by atoms with van der Waals surface area (Å²) in [4.78, 5) is 40.1. The molecular weight excluding hydrogens is 448 g/mol. The first-order valence-electron chi connectivity index (χ1n) is 11.0. The molecule has 1 aromatic heterocycles. The molecule has 0 radical (unpaired) electrons. The standard InChI is InChI=1S/C23H29ClN4O5/c1-4-18-21(15(3)33-27-18)23(31)28-10-6-5-9-25-22(30)17-11-16(24)7-8-19(17)32-13-14(2)26-20(29)12-28/h7-8,11,14H,4-6,9-10,12-13H2,1-3H3,(H,25,30)(H,26,29)/t14-/m0/s1. The number of rotatable bonds is 2. The number of carbonyl (C=O) groups is 3. The minimum Gasteiger partial charge on any atom is -0.491 e. The third kappa shape index (κ3) is 6.25. The van der Waals surface area contributed by atoms with Crippen LogP contribution in [0.2, 0.25) is 5.02 Å². The Balaban J connectivity index is 1.79. The van der Waals surface area contributed by atoms with E-state index in [9.17, 15) is 14.4 Å². The Hall–Kier alpha value is -3.07. The van der Waals surface area contributed by atoms with Crippen LogP contribution in [-0.2, 0) is 11.2 Å². The number of benzene rings is 1. The molecule has 0 aliphatic carbocycles. The van der Waals surface area contributed by atoms with Crippen LogP contribution >= 0.6 is 11.6 Å². The van der Waals surface area contributed by atoms with Crippen LogP contribution in [0, 0.1) is 6.92 Å². The minimum atomic E-state index is -0.352. The topological polar surface area (TPSA) is 114 Å². The van der Waals surface area contributed by atoms with Crippen molar-refractivity contribution in [3.8, 4) is 5.75 Å². The average Bonchev–Trinajstić information content (AvgIpc) is 3.16. The SMILES string of the molecule is CCc1noc(C)c1C(=O)N1CCCCNC(=O)c2cc(Cl)ccc2OC[C@H](C)NC(=O)C1. The van der Waals surface area contributed by atoms with Gasteiger partial charge in [-0.25, -0.2) is 0 Å². The quantitative estimate of drug-likeness (QED) is 0.689. The van der Waals surface area contributed by atoms with E-state index in [0.29, 0.717) is 65.7 Å². The number of amides is 3. The van der Waals surface area contributed by atoms with Crippen molar-refractivity contribution in [3.63, 3.8) is 0 Å². The van der Waals surface area contributed by atoms with E-state index < -0.39 is 0 Å². The molecule has 1 atom stereocenters. The van der Waals surface area contributed by atoms with E-state index in [1.54, 1.807) is 32.0 Å². The molecule has 178 valence electrons. The fourth-order valence-electron chi connectivity index (χ4n) is 3.62. The number of nitrogens with zero attached hydrogens (tertiary/aromatic N) is 2. The number of ether oxygens (including phenoxy) is 1. The van der Waals surface area contributed by atoms with Crippen molar-refractivity contribution >= 4 is 29.3 Å². The number of aryl methyl sites for hydroxylation is 2. The van der Waals surface area contributed by atoms with Crippen molar-refractivity contribution in [2.45, 2.75) is 46.1 Å². The van der Waals surface area contributed by atoms with E-state index in [1.165, 1.54) is 4.90 Å². The van der Waals surface area contributed by atoms with E-state index in [4.69, 9.17) is 20.9 Å². The Kier molecular flexibility index (Phi) is 8.32. The van der Waals surface area contributed by atoms with Crippen LogP contribution in [0.1, 0.15) is 58.9 Å². The second-order valence-corrected chi connectivity index (χ2v) is 8.46. The van der Waals surface area contributed by atoms with E-state index in [2.05, 4.69) is 15.8 Å². The van der Waals surface area contributed by atoms with Gasteiger partial charge < -0.3 is 24.8 Å². The third-order valence-corrected chi connectivity index (χ3v) is 5.56. The number of aromatic nitrogens is 1. The largest absolute Gasteiger partial charge is 0.491 e. The Labute approximate surface area is 197 Å². The summed E-state index contributed by atoms with van der Waals surface area (Å²) in [5.74, 6) is -0.0648. The zero-order valence-corrected chi connectivity index (χ0v) is 19.8. The van der Waals surface area contributed by atoms with E-state index in [-0.39, 0.29) is 36.9 Å². The molecule has 0 spiro atoms. The van der Waals surface area contributed by atoms with E-state index >= 15 is 0 Å². The maximum atomic E-state index is 13.3. The molecule has 1 aliphatic heterocycles. The molecule has 10 heteroatoms. The van der Waals surface area contributed by atoms with Gasteiger partial charge in [0.05, 0.1) is 23.8 Å². The molecular formula is C23H29ClN4O5. The predicted octanol–water partition coefficient (Wildman–Crippen LogP) is 2.75.